The van der Waals surface area contributed by atoms with Gasteiger partial charge < -0.3 is 15.5 Å². The fourth-order valence-electron chi connectivity index (χ4n) is 1.39. The molecule has 1 heterocycles. The van der Waals surface area contributed by atoms with Crippen LogP contribution in [0.15, 0.2) is 42.7 Å². The van der Waals surface area contributed by atoms with Crippen LogP contribution in [0.2, 0.25) is 0 Å². The number of aromatic amines is 1. The van der Waals surface area contributed by atoms with Crippen LogP contribution in [-0.4, -0.2) is 21.8 Å². The third-order valence-corrected chi connectivity index (χ3v) is 2.26. The largest absolute Gasteiger partial charge is 0.402 e. The zero-order valence-corrected chi connectivity index (χ0v) is 9.87. The molecule has 0 saturated heterocycles. The van der Waals surface area contributed by atoms with Crippen molar-refractivity contribution in [3.63, 3.8) is 0 Å². The lowest BCUT2D eigenvalue weighted by atomic mass is 10.2. The number of H-pyrrole nitrogens is 1. The van der Waals surface area contributed by atoms with E-state index in [9.17, 15) is 9.59 Å². The zero-order valence-electron chi connectivity index (χ0n) is 9.87. The molecule has 0 spiro atoms. The van der Waals surface area contributed by atoms with E-state index >= 15 is 0 Å². The molecule has 6 heteroatoms. The van der Waals surface area contributed by atoms with Gasteiger partial charge in [0.15, 0.2) is 5.69 Å². The highest BCUT2D eigenvalue weighted by molar-refractivity contribution is 5.95. The molecule has 0 aliphatic heterocycles. The molecule has 1 aromatic heterocycles. The Kier molecular flexibility index (Phi) is 3.72. The van der Waals surface area contributed by atoms with Crippen molar-refractivity contribution in [2.75, 3.05) is 0 Å². The Balaban J connectivity index is 2.04. The predicted molar refractivity (Wildman–Crippen MR) is 68.2 cm³/mol. The van der Waals surface area contributed by atoms with Crippen LogP contribution < -0.4 is 10.5 Å². The van der Waals surface area contributed by atoms with Crippen molar-refractivity contribution in [3.05, 3.63) is 54.0 Å². The zero-order chi connectivity index (χ0) is 13.7. The van der Waals surface area contributed by atoms with Crippen LogP contribution in [0.4, 0.5) is 0 Å². The summed E-state index contributed by atoms with van der Waals surface area (Å²) in [4.78, 5) is 28.7. The second-order valence-corrected chi connectivity index (χ2v) is 3.61. The summed E-state index contributed by atoms with van der Waals surface area (Å²) in [6.07, 6.45) is 4.07. The number of imidazole rings is 1. The third-order valence-electron chi connectivity index (χ3n) is 2.26. The number of esters is 1. The molecular formula is C13H11N3O3. The lowest BCUT2D eigenvalue weighted by molar-refractivity contribution is -0.129. The number of hydrogen-bond donors (Lipinski definition) is 2. The quantitative estimate of drug-likeness (QED) is 0.633. The minimum absolute atomic E-state index is 0.0403. The number of primary amides is 1. The van der Waals surface area contributed by atoms with Crippen molar-refractivity contribution in [1.29, 1.82) is 0 Å². The normalized spacial score (nSPS) is 10.5. The molecule has 0 fully saturated rings. The van der Waals surface area contributed by atoms with E-state index in [1.54, 1.807) is 6.08 Å². The van der Waals surface area contributed by atoms with Crippen molar-refractivity contribution < 1.29 is 14.3 Å². The molecule has 96 valence electrons. The van der Waals surface area contributed by atoms with Crippen LogP contribution in [0.5, 0.6) is 5.88 Å². The molecule has 0 aliphatic rings. The van der Waals surface area contributed by atoms with Gasteiger partial charge in [0.25, 0.3) is 11.8 Å². The van der Waals surface area contributed by atoms with Crippen molar-refractivity contribution in [1.82, 2.24) is 9.97 Å². The number of hydrogen-bond acceptors (Lipinski definition) is 4. The van der Waals surface area contributed by atoms with Gasteiger partial charge in [-0.05, 0) is 11.6 Å². The van der Waals surface area contributed by atoms with Gasteiger partial charge in [0.1, 0.15) is 0 Å². The summed E-state index contributed by atoms with van der Waals surface area (Å²) in [6, 6.07) is 9.26. The molecule has 6 nitrogen and oxygen atoms in total. The van der Waals surface area contributed by atoms with E-state index in [4.69, 9.17) is 10.5 Å². The summed E-state index contributed by atoms with van der Waals surface area (Å²) < 4.78 is 4.90. The topological polar surface area (TPSA) is 98.1 Å². The van der Waals surface area contributed by atoms with Gasteiger partial charge in [0.05, 0.1) is 6.33 Å². The predicted octanol–water partition coefficient (Wildman–Crippen LogP) is 1.13. The molecule has 0 radical (unpaired) electrons. The number of carbonyl (C=O) groups excluding carboxylic acids is 2. The molecule has 0 unspecified atom stereocenters. The number of aromatic nitrogens is 2. The maximum Gasteiger partial charge on any atom is 0.337 e. The summed E-state index contributed by atoms with van der Waals surface area (Å²) in [6.45, 7) is 0. The number of nitrogens with zero attached hydrogens (tertiary/aromatic N) is 1. The van der Waals surface area contributed by atoms with Crippen LogP contribution in [0.1, 0.15) is 16.1 Å². The molecule has 2 rings (SSSR count). The van der Waals surface area contributed by atoms with Gasteiger partial charge in [-0.3, -0.25) is 4.79 Å². The third kappa shape index (κ3) is 3.29. The SMILES string of the molecule is NC(=O)c1[nH]cnc1OC(=O)/C=C/c1ccccc1. The monoisotopic (exact) mass is 257 g/mol. The van der Waals surface area contributed by atoms with E-state index < -0.39 is 11.9 Å². The highest BCUT2D eigenvalue weighted by atomic mass is 16.5. The second-order valence-electron chi connectivity index (χ2n) is 3.61. The maximum absolute atomic E-state index is 11.5. The standard InChI is InChI=1S/C13H11N3O3/c14-12(18)11-13(16-8-15-11)19-10(17)7-6-9-4-2-1-3-5-9/h1-8H,(H2,14,18)(H,15,16)/b7-6+. The average molecular weight is 257 g/mol. The fourth-order valence-corrected chi connectivity index (χ4v) is 1.39. The van der Waals surface area contributed by atoms with Crippen molar-refractivity contribution in [3.8, 4) is 5.88 Å². The Morgan fingerprint density at radius 3 is 2.68 bits per heavy atom. The average Bonchev–Trinajstić information content (AvgIpc) is 2.86. The molecule has 2 aromatic rings. The molecule has 0 aliphatic carbocycles. The molecule has 19 heavy (non-hydrogen) atoms. The Morgan fingerprint density at radius 1 is 1.26 bits per heavy atom. The van der Waals surface area contributed by atoms with E-state index in [0.717, 1.165) is 5.56 Å². The molecule has 0 atom stereocenters. The highest BCUT2D eigenvalue weighted by Crippen LogP contribution is 2.12. The maximum atomic E-state index is 11.5. The van der Waals surface area contributed by atoms with Crippen LogP contribution in [-0.2, 0) is 4.79 Å². The molecular weight excluding hydrogens is 246 g/mol. The van der Waals surface area contributed by atoms with E-state index in [-0.39, 0.29) is 11.6 Å². The molecule has 1 aromatic carbocycles. The Bertz CT molecular complexity index is 617. The number of rotatable bonds is 4. The lowest BCUT2D eigenvalue weighted by Gasteiger charge is -1.98. The summed E-state index contributed by atoms with van der Waals surface area (Å²) in [5.74, 6) is -1.51. The van der Waals surface area contributed by atoms with Crippen LogP contribution >= 0.6 is 0 Å². The van der Waals surface area contributed by atoms with Crippen molar-refractivity contribution in [2.45, 2.75) is 0 Å². The number of nitrogens with two attached hydrogens (primary N) is 1. The Morgan fingerprint density at radius 2 is 2.00 bits per heavy atom. The van der Waals surface area contributed by atoms with Gasteiger partial charge in [-0.1, -0.05) is 30.3 Å². The number of benzene rings is 1. The van der Waals surface area contributed by atoms with E-state index in [2.05, 4.69) is 9.97 Å². The first-order chi connectivity index (χ1) is 9.16. The summed E-state index contributed by atoms with van der Waals surface area (Å²) in [5, 5.41) is 0. The minimum atomic E-state index is -0.743. The fraction of sp³-hybridized carbons (Fsp3) is 0. The number of amides is 1. The van der Waals surface area contributed by atoms with Gasteiger partial charge >= 0.3 is 5.97 Å². The van der Waals surface area contributed by atoms with Crippen LogP contribution in [0, 0.1) is 0 Å². The smallest absolute Gasteiger partial charge is 0.337 e. The van der Waals surface area contributed by atoms with Crippen molar-refractivity contribution in [2.24, 2.45) is 5.73 Å². The van der Waals surface area contributed by atoms with Crippen molar-refractivity contribution >= 4 is 18.0 Å². The van der Waals surface area contributed by atoms with E-state index in [1.165, 1.54) is 12.4 Å². The highest BCUT2D eigenvalue weighted by Gasteiger charge is 2.14. The molecule has 1 amide bonds. The number of nitrogens with one attached hydrogen (secondary N) is 1. The van der Waals surface area contributed by atoms with Gasteiger partial charge in [-0.15, -0.1) is 0 Å². The Labute approximate surface area is 108 Å². The first-order valence-electron chi connectivity index (χ1n) is 5.45. The molecule has 3 N–H and O–H groups in total. The minimum Gasteiger partial charge on any atom is -0.402 e. The first kappa shape index (κ1) is 12.6. The van der Waals surface area contributed by atoms with Gasteiger partial charge in [0.2, 0.25) is 0 Å². The number of ether oxygens (including phenoxy) is 1. The summed E-state index contributed by atoms with van der Waals surface area (Å²) in [5.41, 5.74) is 5.90. The summed E-state index contributed by atoms with van der Waals surface area (Å²) >= 11 is 0. The number of carbonyl (C=O) groups is 2. The van der Waals surface area contributed by atoms with Gasteiger partial charge in [-0.25, -0.2) is 9.78 Å². The molecule has 0 saturated carbocycles. The van der Waals surface area contributed by atoms with Gasteiger partial charge in [0, 0.05) is 6.08 Å². The summed E-state index contributed by atoms with van der Waals surface area (Å²) in [7, 11) is 0. The van der Waals surface area contributed by atoms with Gasteiger partial charge in [-0.2, -0.15) is 0 Å². The molecule has 0 bridgehead atoms. The lowest BCUT2D eigenvalue weighted by Crippen LogP contribution is -2.14. The Hall–Kier alpha value is -2.89. The van der Waals surface area contributed by atoms with E-state index in [0.29, 0.717) is 0 Å². The second kappa shape index (κ2) is 5.63. The van der Waals surface area contributed by atoms with E-state index in [1.807, 2.05) is 30.3 Å². The first-order valence-corrected chi connectivity index (χ1v) is 5.45. The van der Waals surface area contributed by atoms with Crippen LogP contribution in [0.25, 0.3) is 6.08 Å². The van der Waals surface area contributed by atoms with Crippen LogP contribution in [0.3, 0.4) is 0 Å².